The summed E-state index contributed by atoms with van der Waals surface area (Å²) in [5, 5.41) is 0. The van der Waals surface area contributed by atoms with Crippen LogP contribution < -0.4 is 11.3 Å². The molecule has 0 amide bonds. The van der Waals surface area contributed by atoms with E-state index in [1.807, 2.05) is 24.5 Å². The Kier molecular flexibility index (Phi) is 5.55. The number of ether oxygens (including phenoxy) is 1. The fourth-order valence-electron chi connectivity index (χ4n) is 1.67. The maximum Gasteiger partial charge on any atom is 0.0623 e. The van der Waals surface area contributed by atoms with E-state index in [9.17, 15) is 0 Å². The first kappa shape index (κ1) is 14.1. The number of pyridine rings is 1. The molecule has 1 heterocycles. The summed E-state index contributed by atoms with van der Waals surface area (Å²) in [5.74, 6) is 5.58. The second-order valence-corrected chi connectivity index (χ2v) is 4.93. The maximum atomic E-state index is 5.58. The molecule has 1 rings (SSSR count). The molecule has 96 valence electrons. The molecule has 0 aliphatic carbocycles. The first-order chi connectivity index (χ1) is 8.07. The van der Waals surface area contributed by atoms with E-state index in [1.54, 1.807) is 7.11 Å². The third kappa shape index (κ3) is 5.26. The minimum absolute atomic E-state index is 0.0899. The van der Waals surface area contributed by atoms with Crippen LogP contribution in [0.2, 0.25) is 0 Å². The van der Waals surface area contributed by atoms with Gasteiger partial charge in [0.15, 0.2) is 0 Å². The van der Waals surface area contributed by atoms with Gasteiger partial charge in [-0.3, -0.25) is 16.3 Å². The van der Waals surface area contributed by atoms with Crippen molar-refractivity contribution in [3.63, 3.8) is 0 Å². The summed E-state index contributed by atoms with van der Waals surface area (Å²) in [4.78, 5) is 4.01. The molecule has 3 N–H and O–H groups in total. The minimum atomic E-state index is -0.0899. The van der Waals surface area contributed by atoms with E-state index in [4.69, 9.17) is 10.6 Å². The van der Waals surface area contributed by atoms with Crippen LogP contribution in [-0.2, 0) is 11.2 Å². The number of hydrazine groups is 1. The van der Waals surface area contributed by atoms with E-state index in [0.717, 1.165) is 19.3 Å². The van der Waals surface area contributed by atoms with Crippen LogP contribution in [0.15, 0.2) is 24.5 Å². The van der Waals surface area contributed by atoms with E-state index in [-0.39, 0.29) is 11.6 Å². The summed E-state index contributed by atoms with van der Waals surface area (Å²) in [5.41, 5.74) is 4.03. The van der Waals surface area contributed by atoms with Crippen LogP contribution in [0.25, 0.3) is 0 Å². The van der Waals surface area contributed by atoms with Gasteiger partial charge in [0.2, 0.25) is 0 Å². The number of nitrogens with zero attached hydrogens (tertiary/aromatic N) is 1. The van der Waals surface area contributed by atoms with Gasteiger partial charge in [0, 0.05) is 25.5 Å². The molecule has 0 aliphatic heterocycles. The Hall–Kier alpha value is -0.970. The molecule has 0 aliphatic rings. The van der Waals surface area contributed by atoms with Crippen molar-refractivity contribution < 1.29 is 4.74 Å². The number of nitrogens with one attached hydrogen (secondary N) is 1. The molecule has 0 saturated heterocycles. The third-order valence-corrected chi connectivity index (χ3v) is 3.11. The van der Waals surface area contributed by atoms with Crippen LogP contribution in [0.3, 0.4) is 0 Å². The van der Waals surface area contributed by atoms with E-state index in [0.29, 0.717) is 0 Å². The van der Waals surface area contributed by atoms with Crippen molar-refractivity contribution in [2.75, 3.05) is 7.11 Å². The predicted molar refractivity (Wildman–Crippen MR) is 69.4 cm³/mol. The Balaban J connectivity index is 2.44. The standard InChI is InChI=1S/C13H23N3O/c1-13(2,17-3)7-4-12(16-14)10-11-5-8-15-9-6-11/h5-6,8-9,12,16H,4,7,10,14H2,1-3H3. The van der Waals surface area contributed by atoms with Crippen LogP contribution >= 0.6 is 0 Å². The fourth-order valence-corrected chi connectivity index (χ4v) is 1.67. The number of nitrogens with two attached hydrogens (primary N) is 1. The summed E-state index contributed by atoms with van der Waals surface area (Å²) in [7, 11) is 1.74. The monoisotopic (exact) mass is 237 g/mol. The van der Waals surface area contributed by atoms with Crippen LogP contribution in [0.5, 0.6) is 0 Å². The van der Waals surface area contributed by atoms with Crippen LogP contribution in [0.4, 0.5) is 0 Å². The molecule has 0 radical (unpaired) electrons. The molecule has 0 saturated carbocycles. The molecule has 17 heavy (non-hydrogen) atoms. The molecular weight excluding hydrogens is 214 g/mol. The molecule has 1 aromatic heterocycles. The average Bonchev–Trinajstić information content (AvgIpc) is 2.35. The zero-order chi connectivity index (χ0) is 12.7. The van der Waals surface area contributed by atoms with E-state index < -0.39 is 0 Å². The van der Waals surface area contributed by atoms with Gasteiger partial charge in [-0.15, -0.1) is 0 Å². The lowest BCUT2D eigenvalue weighted by molar-refractivity contribution is 0.0117. The molecule has 1 atom stereocenters. The first-order valence-electron chi connectivity index (χ1n) is 5.97. The summed E-state index contributed by atoms with van der Waals surface area (Å²) in [6, 6.07) is 4.31. The second-order valence-electron chi connectivity index (χ2n) is 4.93. The van der Waals surface area contributed by atoms with Gasteiger partial charge in [0.25, 0.3) is 0 Å². The Morgan fingerprint density at radius 1 is 1.41 bits per heavy atom. The average molecular weight is 237 g/mol. The van der Waals surface area contributed by atoms with Crippen molar-refractivity contribution in [2.24, 2.45) is 5.84 Å². The van der Waals surface area contributed by atoms with Crippen molar-refractivity contribution in [3.05, 3.63) is 30.1 Å². The number of aromatic nitrogens is 1. The molecule has 0 fully saturated rings. The van der Waals surface area contributed by atoms with Crippen molar-refractivity contribution in [2.45, 2.75) is 44.8 Å². The highest BCUT2D eigenvalue weighted by molar-refractivity contribution is 5.11. The molecule has 4 nitrogen and oxygen atoms in total. The summed E-state index contributed by atoms with van der Waals surface area (Å²) in [6.07, 6.45) is 6.49. The van der Waals surface area contributed by atoms with Gasteiger partial charge in [-0.05, 0) is 50.8 Å². The highest BCUT2D eigenvalue weighted by Crippen LogP contribution is 2.17. The Morgan fingerprint density at radius 3 is 2.59 bits per heavy atom. The lowest BCUT2D eigenvalue weighted by Gasteiger charge is -2.25. The van der Waals surface area contributed by atoms with Crippen molar-refractivity contribution in [3.8, 4) is 0 Å². The van der Waals surface area contributed by atoms with Gasteiger partial charge >= 0.3 is 0 Å². The van der Waals surface area contributed by atoms with Crippen LogP contribution in [0.1, 0.15) is 32.3 Å². The van der Waals surface area contributed by atoms with Gasteiger partial charge in [-0.1, -0.05) is 0 Å². The topological polar surface area (TPSA) is 60.2 Å². The fraction of sp³-hybridized carbons (Fsp3) is 0.615. The minimum Gasteiger partial charge on any atom is -0.379 e. The van der Waals surface area contributed by atoms with Crippen molar-refractivity contribution in [1.29, 1.82) is 0 Å². The summed E-state index contributed by atoms with van der Waals surface area (Å²) < 4.78 is 5.40. The normalized spacial score (nSPS) is 13.6. The van der Waals surface area contributed by atoms with Crippen molar-refractivity contribution in [1.82, 2.24) is 10.4 Å². The van der Waals surface area contributed by atoms with E-state index >= 15 is 0 Å². The van der Waals surface area contributed by atoms with Gasteiger partial charge in [-0.2, -0.15) is 0 Å². The largest absolute Gasteiger partial charge is 0.379 e. The lowest BCUT2D eigenvalue weighted by atomic mass is 9.96. The predicted octanol–water partition coefficient (Wildman–Crippen LogP) is 1.66. The summed E-state index contributed by atoms with van der Waals surface area (Å²) >= 11 is 0. The zero-order valence-electron chi connectivity index (χ0n) is 10.9. The molecule has 1 aromatic rings. The molecule has 4 heteroatoms. The lowest BCUT2D eigenvalue weighted by Crippen LogP contribution is -2.38. The molecule has 1 unspecified atom stereocenters. The van der Waals surface area contributed by atoms with Gasteiger partial charge in [-0.25, -0.2) is 0 Å². The van der Waals surface area contributed by atoms with E-state index in [1.165, 1.54) is 5.56 Å². The molecule has 0 bridgehead atoms. The number of methoxy groups -OCH3 is 1. The van der Waals surface area contributed by atoms with Crippen LogP contribution in [0, 0.1) is 0 Å². The number of hydrogen-bond donors (Lipinski definition) is 2. The highest BCUT2D eigenvalue weighted by Gasteiger charge is 2.18. The number of rotatable bonds is 7. The SMILES string of the molecule is COC(C)(C)CCC(Cc1ccncc1)NN. The van der Waals surface area contributed by atoms with Gasteiger partial charge < -0.3 is 4.74 Å². The summed E-state index contributed by atoms with van der Waals surface area (Å²) in [6.45, 7) is 4.18. The molecule has 0 aromatic carbocycles. The van der Waals surface area contributed by atoms with Gasteiger partial charge in [0.05, 0.1) is 5.60 Å². The Labute approximate surface area is 104 Å². The first-order valence-corrected chi connectivity index (χ1v) is 5.97. The van der Waals surface area contributed by atoms with Gasteiger partial charge in [0.1, 0.15) is 0 Å². The quantitative estimate of drug-likeness (QED) is 0.559. The Morgan fingerprint density at radius 2 is 2.06 bits per heavy atom. The van der Waals surface area contributed by atoms with E-state index in [2.05, 4.69) is 24.3 Å². The number of hydrogen-bond acceptors (Lipinski definition) is 4. The smallest absolute Gasteiger partial charge is 0.0623 e. The van der Waals surface area contributed by atoms with Crippen LogP contribution in [-0.4, -0.2) is 23.7 Å². The highest BCUT2D eigenvalue weighted by atomic mass is 16.5. The van der Waals surface area contributed by atoms with Crippen molar-refractivity contribution >= 4 is 0 Å². The zero-order valence-corrected chi connectivity index (χ0v) is 10.9. The second kappa shape index (κ2) is 6.69. The Bertz CT molecular complexity index is 314. The molecule has 0 spiro atoms. The third-order valence-electron chi connectivity index (χ3n) is 3.11. The maximum absolute atomic E-state index is 5.58. The molecular formula is C13H23N3O.